The zero-order valence-corrected chi connectivity index (χ0v) is 12.2. The van der Waals surface area contributed by atoms with Gasteiger partial charge in [0, 0.05) is 18.1 Å². The molecule has 1 aliphatic rings. The number of carboxylic acid groups (broad SMARTS) is 1. The summed E-state index contributed by atoms with van der Waals surface area (Å²) in [6, 6.07) is 9.76. The average molecular weight is 284 g/mol. The lowest BCUT2D eigenvalue weighted by Crippen LogP contribution is -2.48. The number of piperidine rings is 1. The van der Waals surface area contributed by atoms with Crippen LogP contribution in [-0.2, 0) is 11.3 Å². The Morgan fingerprint density at radius 1 is 1.43 bits per heavy atom. The minimum atomic E-state index is -0.704. The zero-order chi connectivity index (χ0) is 14.8. The van der Waals surface area contributed by atoms with Gasteiger partial charge in [0.05, 0.1) is 5.52 Å². The van der Waals surface area contributed by atoms with Gasteiger partial charge in [-0.25, -0.2) is 0 Å². The third-order valence-electron chi connectivity index (χ3n) is 4.34. The van der Waals surface area contributed by atoms with Crippen molar-refractivity contribution in [2.75, 3.05) is 6.54 Å². The monoisotopic (exact) mass is 284 g/mol. The van der Waals surface area contributed by atoms with E-state index < -0.39 is 5.97 Å². The number of rotatable bonds is 3. The summed E-state index contributed by atoms with van der Waals surface area (Å²) in [6.07, 6.45) is 3.85. The van der Waals surface area contributed by atoms with Crippen molar-refractivity contribution in [3.05, 3.63) is 42.1 Å². The number of aromatic nitrogens is 1. The molecule has 1 N–H and O–H groups in total. The van der Waals surface area contributed by atoms with E-state index in [-0.39, 0.29) is 12.0 Å². The quantitative estimate of drug-likeness (QED) is 0.941. The second kappa shape index (κ2) is 5.82. The smallest absolute Gasteiger partial charge is 0.321 e. The molecule has 21 heavy (non-hydrogen) atoms. The summed E-state index contributed by atoms with van der Waals surface area (Å²) in [5, 5.41) is 10.6. The number of carbonyl (C=O) groups is 1. The summed E-state index contributed by atoms with van der Waals surface area (Å²) in [5.41, 5.74) is 2.12. The number of fused-ring (bicyclic) bond motifs is 1. The molecule has 0 aliphatic carbocycles. The lowest BCUT2D eigenvalue weighted by molar-refractivity contribution is -0.147. The number of nitrogens with zero attached hydrogens (tertiary/aromatic N) is 2. The van der Waals surface area contributed by atoms with Crippen LogP contribution in [0.5, 0.6) is 0 Å². The second-order valence-electron chi connectivity index (χ2n) is 5.90. The molecule has 4 heteroatoms. The van der Waals surface area contributed by atoms with E-state index in [1.807, 2.05) is 31.2 Å². The molecule has 1 aliphatic heterocycles. The Bertz CT molecular complexity index is 656. The summed E-state index contributed by atoms with van der Waals surface area (Å²) in [4.78, 5) is 17.9. The Hall–Kier alpha value is -1.94. The number of likely N-dealkylation sites (tertiary alicyclic amines) is 1. The van der Waals surface area contributed by atoms with Gasteiger partial charge in [-0.05, 0) is 49.1 Å². The van der Waals surface area contributed by atoms with Crippen molar-refractivity contribution in [3.8, 4) is 0 Å². The lowest BCUT2D eigenvalue weighted by atomic mass is 9.90. The van der Waals surface area contributed by atoms with Gasteiger partial charge in [0.1, 0.15) is 6.04 Å². The molecule has 0 radical (unpaired) electrons. The van der Waals surface area contributed by atoms with Gasteiger partial charge in [-0.15, -0.1) is 0 Å². The highest BCUT2D eigenvalue weighted by Gasteiger charge is 2.33. The van der Waals surface area contributed by atoms with Crippen LogP contribution in [0.25, 0.3) is 10.9 Å². The Morgan fingerprint density at radius 2 is 2.29 bits per heavy atom. The Kier molecular flexibility index (Phi) is 3.88. The largest absolute Gasteiger partial charge is 0.480 e. The number of carboxylic acids is 1. The van der Waals surface area contributed by atoms with E-state index >= 15 is 0 Å². The van der Waals surface area contributed by atoms with Crippen LogP contribution in [0.4, 0.5) is 0 Å². The third kappa shape index (κ3) is 2.90. The van der Waals surface area contributed by atoms with E-state index in [0.29, 0.717) is 6.54 Å². The van der Waals surface area contributed by atoms with Gasteiger partial charge in [0.15, 0.2) is 0 Å². The molecule has 2 atom stereocenters. The molecule has 0 spiro atoms. The first-order valence-electron chi connectivity index (χ1n) is 7.45. The molecule has 1 aromatic heterocycles. The molecule has 2 aromatic rings. The van der Waals surface area contributed by atoms with Crippen LogP contribution in [0.3, 0.4) is 0 Å². The van der Waals surface area contributed by atoms with Crippen molar-refractivity contribution in [2.24, 2.45) is 5.92 Å². The van der Waals surface area contributed by atoms with Crippen molar-refractivity contribution in [3.63, 3.8) is 0 Å². The maximum atomic E-state index is 11.5. The number of benzene rings is 1. The fourth-order valence-electron chi connectivity index (χ4n) is 3.31. The highest BCUT2D eigenvalue weighted by atomic mass is 16.4. The SMILES string of the molecule is CC1CCCN(Cc2ccc3ncccc3c2)C1C(=O)O. The van der Waals surface area contributed by atoms with Crippen molar-refractivity contribution in [1.82, 2.24) is 9.88 Å². The Labute approximate surface area is 124 Å². The molecule has 0 bridgehead atoms. The number of pyridine rings is 1. The Balaban J connectivity index is 1.84. The molecule has 1 saturated heterocycles. The first-order chi connectivity index (χ1) is 10.1. The standard InChI is InChI=1S/C17H20N2O2/c1-12-4-3-9-19(16(12)17(20)21)11-13-6-7-15-14(10-13)5-2-8-18-15/h2,5-8,10,12,16H,3-4,9,11H2,1H3,(H,20,21). The Morgan fingerprint density at radius 3 is 3.10 bits per heavy atom. The lowest BCUT2D eigenvalue weighted by Gasteiger charge is -2.37. The van der Waals surface area contributed by atoms with Gasteiger partial charge in [0.25, 0.3) is 0 Å². The van der Waals surface area contributed by atoms with Gasteiger partial charge < -0.3 is 5.11 Å². The van der Waals surface area contributed by atoms with Crippen molar-refractivity contribution >= 4 is 16.9 Å². The van der Waals surface area contributed by atoms with Gasteiger partial charge in [-0.2, -0.15) is 0 Å². The highest BCUT2D eigenvalue weighted by Crippen LogP contribution is 2.26. The molecule has 0 amide bonds. The summed E-state index contributed by atoms with van der Waals surface area (Å²) in [6.45, 7) is 3.58. The minimum Gasteiger partial charge on any atom is -0.480 e. The first kappa shape index (κ1) is 14.0. The second-order valence-corrected chi connectivity index (χ2v) is 5.90. The van der Waals surface area contributed by atoms with Crippen LogP contribution in [0, 0.1) is 5.92 Å². The number of hydrogen-bond donors (Lipinski definition) is 1. The van der Waals surface area contributed by atoms with E-state index in [1.54, 1.807) is 6.20 Å². The number of hydrogen-bond acceptors (Lipinski definition) is 3. The molecule has 4 nitrogen and oxygen atoms in total. The predicted octanol–water partition coefficient (Wildman–Crippen LogP) is 2.92. The highest BCUT2D eigenvalue weighted by molar-refractivity contribution is 5.79. The van der Waals surface area contributed by atoms with Gasteiger partial charge in [0.2, 0.25) is 0 Å². The molecule has 0 saturated carbocycles. The van der Waals surface area contributed by atoms with Crippen LogP contribution in [0.15, 0.2) is 36.5 Å². The predicted molar refractivity (Wildman–Crippen MR) is 82.0 cm³/mol. The van der Waals surface area contributed by atoms with Crippen molar-refractivity contribution in [2.45, 2.75) is 32.4 Å². The third-order valence-corrected chi connectivity index (χ3v) is 4.34. The molecule has 2 unspecified atom stereocenters. The van der Waals surface area contributed by atoms with Crippen LogP contribution in [0.1, 0.15) is 25.3 Å². The van der Waals surface area contributed by atoms with E-state index in [4.69, 9.17) is 0 Å². The van der Waals surface area contributed by atoms with Crippen LogP contribution in [0.2, 0.25) is 0 Å². The van der Waals surface area contributed by atoms with Crippen LogP contribution >= 0.6 is 0 Å². The summed E-state index contributed by atoms with van der Waals surface area (Å²) >= 11 is 0. The summed E-state index contributed by atoms with van der Waals surface area (Å²) < 4.78 is 0. The van der Waals surface area contributed by atoms with Gasteiger partial charge in [-0.1, -0.05) is 19.1 Å². The first-order valence-corrected chi connectivity index (χ1v) is 7.45. The van der Waals surface area contributed by atoms with Crippen molar-refractivity contribution < 1.29 is 9.90 Å². The fraction of sp³-hybridized carbons (Fsp3) is 0.412. The zero-order valence-electron chi connectivity index (χ0n) is 12.2. The van der Waals surface area contributed by atoms with Gasteiger partial charge in [-0.3, -0.25) is 14.7 Å². The average Bonchev–Trinajstić information content (AvgIpc) is 2.47. The molecular formula is C17H20N2O2. The molecule has 1 aromatic carbocycles. The van der Waals surface area contributed by atoms with Crippen LogP contribution < -0.4 is 0 Å². The normalized spacial score (nSPS) is 23.3. The molecular weight excluding hydrogens is 264 g/mol. The van der Waals surface area contributed by atoms with E-state index in [9.17, 15) is 9.90 Å². The molecule has 110 valence electrons. The fourth-order valence-corrected chi connectivity index (χ4v) is 3.31. The van der Waals surface area contributed by atoms with Crippen molar-refractivity contribution in [1.29, 1.82) is 0 Å². The topological polar surface area (TPSA) is 53.4 Å². The number of aliphatic carboxylic acids is 1. The van der Waals surface area contributed by atoms with E-state index in [0.717, 1.165) is 35.9 Å². The maximum absolute atomic E-state index is 11.5. The van der Waals surface area contributed by atoms with Crippen LogP contribution in [-0.4, -0.2) is 33.5 Å². The van der Waals surface area contributed by atoms with E-state index in [2.05, 4.69) is 16.0 Å². The van der Waals surface area contributed by atoms with E-state index in [1.165, 1.54) is 0 Å². The maximum Gasteiger partial charge on any atom is 0.321 e. The van der Waals surface area contributed by atoms with Gasteiger partial charge >= 0.3 is 5.97 Å². The minimum absolute atomic E-state index is 0.207. The molecule has 1 fully saturated rings. The molecule has 2 heterocycles. The summed E-state index contributed by atoms with van der Waals surface area (Å²) in [5.74, 6) is -0.497. The summed E-state index contributed by atoms with van der Waals surface area (Å²) in [7, 11) is 0. The molecule has 3 rings (SSSR count).